The summed E-state index contributed by atoms with van der Waals surface area (Å²) in [5.41, 5.74) is 1.93. The van der Waals surface area contributed by atoms with E-state index < -0.39 is 5.97 Å². The Labute approximate surface area is 182 Å². The number of rotatable bonds is 10. The standard InChI is InChI=1S/C25H30FNO4/c1-30-24-8-7-21(26)11-20(24)15-27-10-9-17(14-27)16-31-22-4-2-3-19(12-22)23(13-25(28)29)18-5-6-18/h2-4,7-8,11-12,17-18,23H,5-6,9-10,13-16H2,1H3,(H,28,29)/t17?,23-/m0/s1. The van der Waals surface area contributed by atoms with Crippen LogP contribution in [-0.2, 0) is 11.3 Å². The predicted molar refractivity (Wildman–Crippen MR) is 116 cm³/mol. The largest absolute Gasteiger partial charge is 0.496 e. The van der Waals surface area contributed by atoms with Gasteiger partial charge in [0.05, 0.1) is 20.1 Å². The molecule has 0 spiro atoms. The molecule has 1 aliphatic carbocycles. The number of hydrogen-bond donors (Lipinski definition) is 1. The lowest BCUT2D eigenvalue weighted by Crippen LogP contribution is -2.22. The molecule has 1 N–H and O–H groups in total. The molecule has 0 aromatic heterocycles. The Kier molecular flexibility index (Phi) is 6.76. The van der Waals surface area contributed by atoms with Crippen molar-refractivity contribution in [3.8, 4) is 11.5 Å². The van der Waals surface area contributed by atoms with Gasteiger partial charge in [-0.1, -0.05) is 12.1 Å². The number of carboxylic acids is 1. The minimum absolute atomic E-state index is 0.0734. The molecule has 6 heteroatoms. The first-order valence-electron chi connectivity index (χ1n) is 11.0. The number of methoxy groups -OCH3 is 1. The number of halogens is 1. The van der Waals surface area contributed by atoms with E-state index >= 15 is 0 Å². The fraction of sp³-hybridized carbons (Fsp3) is 0.480. The van der Waals surface area contributed by atoms with Crippen molar-refractivity contribution in [3.63, 3.8) is 0 Å². The van der Waals surface area contributed by atoms with Crippen LogP contribution in [0.3, 0.4) is 0 Å². The van der Waals surface area contributed by atoms with Crippen LogP contribution in [0.1, 0.15) is 42.7 Å². The van der Waals surface area contributed by atoms with E-state index in [1.807, 2.05) is 24.3 Å². The Hall–Kier alpha value is -2.60. The summed E-state index contributed by atoms with van der Waals surface area (Å²) < 4.78 is 25.1. The van der Waals surface area contributed by atoms with Crippen LogP contribution in [0.4, 0.5) is 4.39 Å². The number of carboxylic acid groups (broad SMARTS) is 1. The lowest BCUT2D eigenvalue weighted by molar-refractivity contribution is -0.137. The third-order valence-electron chi connectivity index (χ3n) is 6.36. The van der Waals surface area contributed by atoms with Crippen molar-refractivity contribution in [2.75, 3.05) is 26.8 Å². The van der Waals surface area contributed by atoms with Gasteiger partial charge in [0.2, 0.25) is 0 Å². The minimum Gasteiger partial charge on any atom is -0.496 e. The first kappa shape index (κ1) is 21.6. The van der Waals surface area contributed by atoms with Gasteiger partial charge in [0.25, 0.3) is 0 Å². The smallest absolute Gasteiger partial charge is 0.303 e. The summed E-state index contributed by atoms with van der Waals surface area (Å²) >= 11 is 0. The normalized spacial score (nSPS) is 19.9. The summed E-state index contributed by atoms with van der Waals surface area (Å²) in [7, 11) is 1.61. The Bertz CT molecular complexity index is 914. The molecule has 1 unspecified atom stereocenters. The molecule has 2 aliphatic rings. The van der Waals surface area contributed by atoms with Gasteiger partial charge < -0.3 is 14.6 Å². The van der Waals surface area contributed by atoms with Crippen molar-refractivity contribution < 1.29 is 23.8 Å². The van der Waals surface area contributed by atoms with E-state index in [9.17, 15) is 14.3 Å². The maximum absolute atomic E-state index is 13.6. The molecule has 0 radical (unpaired) electrons. The van der Waals surface area contributed by atoms with Gasteiger partial charge in [-0.25, -0.2) is 4.39 Å². The zero-order valence-corrected chi connectivity index (χ0v) is 17.9. The van der Waals surface area contributed by atoms with E-state index in [0.29, 0.717) is 30.7 Å². The number of aliphatic carboxylic acids is 1. The molecule has 1 aliphatic heterocycles. The summed E-state index contributed by atoms with van der Waals surface area (Å²) in [6.45, 7) is 3.11. The van der Waals surface area contributed by atoms with Crippen molar-refractivity contribution >= 4 is 5.97 Å². The van der Waals surface area contributed by atoms with Crippen molar-refractivity contribution in [3.05, 3.63) is 59.4 Å². The second kappa shape index (κ2) is 9.69. The molecule has 1 saturated carbocycles. The van der Waals surface area contributed by atoms with Crippen LogP contribution in [-0.4, -0.2) is 42.8 Å². The Morgan fingerprint density at radius 3 is 2.81 bits per heavy atom. The summed E-state index contributed by atoms with van der Waals surface area (Å²) in [5.74, 6) is 1.48. The molecule has 166 valence electrons. The summed E-state index contributed by atoms with van der Waals surface area (Å²) in [4.78, 5) is 13.6. The first-order chi connectivity index (χ1) is 15.0. The van der Waals surface area contributed by atoms with Crippen molar-refractivity contribution in [1.82, 2.24) is 4.90 Å². The lowest BCUT2D eigenvalue weighted by Gasteiger charge is -2.19. The molecule has 2 aromatic carbocycles. The average molecular weight is 428 g/mol. The molecule has 4 rings (SSSR count). The van der Waals surface area contributed by atoms with Gasteiger partial charge in [-0.2, -0.15) is 0 Å². The second-order valence-corrected chi connectivity index (χ2v) is 8.77. The van der Waals surface area contributed by atoms with E-state index in [0.717, 1.165) is 49.2 Å². The van der Waals surface area contributed by atoms with E-state index in [2.05, 4.69) is 4.90 Å². The SMILES string of the molecule is COc1ccc(F)cc1CN1CCC(COc2cccc([C@@H](CC(=O)O)C3CC3)c2)C1. The third kappa shape index (κ3) is 5.76. The maximum atomic E-state index is 13.6. The zero-order valence-electron chi connectivity index (χ0n) is 17.9. The van der Waals surface area contributed by atoms with Gasteiger partial charge in [-0.05, 0) is 73.5 Å². The van der Waals surface area contributed by atoms with Crippen LogP contribution in [0.15, 0.2) is 42.5 Å². The molecule has 5 nitrogen and oxygen atoms in total. The molecular formula is C25H30FNO4. The first-order valence-corrected chi connectivity index (χ1v) is 11.0. The zero-order chi connectivity index (χ0) is 21.8. The van der Waals surface area contributed by atoms with Crippen LogP contribution in [0.5, 0.6) is 11.5 Å². The van der Waals surface area contributed by atoms with Crippen LogP contribution >= 0.6 is 0 Å². The lowest BCUT2D eigenvalue weighted by atomic mass is 9.91. The highest BCUT2D eigenvalue weighted by Gasteiger charge is 2.34. The van der Waals surface area contributed by atoms with Crippen molar-refractivity contribution in [2.24, 2.45) is 11.8 Å². The van der Waals surface area contributed by atoms with Gasteiger partial charge in [0, 0.05) is 24.6 Å². The quantitative estimate of drug-likeness (QED) is 0.595. The molecule has 2 atom stereocenters. The topological polar surface area (TPSA) is 59.0 Å². The number of ether oxygens (including phenoxy) is 2. The molecule has 31 heavy (non-hydrogen) atoms. The summed E-state index contributed by atoms with van der Waals surface area (Å²) in [6.07, 6.45) is 3.42. The molecule has 0 amide bonds. The number of carbonyl (C=O) groups is 1. The fourth-order valence-electron chi connectivity index (χ4n) is 4.60. The molecule has 1 heterocycles. The second-order valence-electron chi connectivity index (χ2n) is 8.77. The van der Waals surface area contributed by atoms with Gasteiger partial charge in [-0.15, -0.1) is 0 Å². The van der Waals surface area contributed by atoms with E-state index in [1.165, 1.54) is 6.07 Å². The predicted octanol–water partition coefficient (Wildman–Crippen LogP) is 4.70. The summed E-state index contributed by atoms with van der Waals surface area (Å²) in [5, 5.41) is 9.25. The minimum atomic E-state index is -0.746. The average Bonchev–Trinajstić information content (AvgIpc) is 3.50. The Morgan fingerprint density at radius 1 is 1.23 bits per heavy atom. The number of benzene rings is 2. The van der Waals surface area contributed by atoms with Gasteiger partial charge >= 0.3 is 5.97 Å². The van der Waals surface area contributed by atoms with Crippen molar-refractivity contribution in [1.29, 1.82) is 0 Å². The number of nitrogens with zero attached hydrogens (tertiary/aromatic N) is 1. The van der Waals surface area contributed by atoms with Gasteiger partial charge in [-0.3, -0.25) is 9.69 Å². The van der Waals surface area contributed by atoms with E-state index in [4.69, 9.17) is 9.47 Å². The number of hydrogen-bond acceptors (Lipinski definition) is 4. The molecule has 0 bridgehead atoms. The highest BCUT2D eigenvalue weighted by atomic mass is 19.1. The summed E-state index contributed by atoms with van der Waals surface area (Å²) in [6, 6.07) is 12.6. The monoisotopic (exact) mass is 427 g/mol. The Morgan fingerprint density at radius 2 is 2.06 bits per heavy atom. The van der Waals surface area contributed by atoms with Crippen LogP contribution < -0.4 is 9.47 Å². The Balaban J connectivity index is 1.31. The highest BCUT2D eigenvalue weighted by Crippen LogP contribution is 2.45. The van der Waals surface area contributed by atoms with Crippen LogP contribution in [0, 0.1) is 17.7 Å². The van der Waals surface area contributed by atoms with Gasteiger partial charge in [0.15, 0.2) is 0 Å². The van der Waals surface area contributed by atoms with Crippen molar-refractivity contribution in [2.45, 2.75) is 38.1 Å². The fourth-order valence-corrected chi connectivity index (χ4v) is 4.60. The molecule has 1 saturated heterocycles. The molecule has 2 fully saturated rings. The van der Waals surface area contributed by atoms with E-state index in [-0.39, 0.29) is 18.2 Å². The molecular weight excluding hydrogens is 397 g/mol. The third-order valence-corrected chi connectivity index (χ3v) is 6.36. The van der Waals surface area contributed by atoms with Gasteiger partial charge in [0.1, 0.15) is 17.3 Å². The maximum Gasteiger partial charge on any atom is 0.303 e. The van der Waals surface area contributed by atoms with Crippen LogP contribution in [0.2, 0.25) is 0 Å². The number of likely N-dealkylation sites (tertiary alicyclic amines) is 1. The molecule has 2 aromatic rings. The van der Waals surface area contributed by atoms with E-state index in [1.54, 1.807) is 19.2 Å². The highest BCUT2D eigenvalue weighted by molar-refractivity contribution is 5.68. The van der Waals surface area contributed by atoms with Crippen LogP contribution in [0.25, 0.3) is 0 Å².